The Balaban J connectivity index is 1.51. The molecule has 1 atom stereocenters. The van der Waals surface area contributed by atoms with E-state index in [1.807, 2.05) is 18.6 Å². The van der Waals surface area contributed by atoms with E-state index in [2.05, 4.69) is 89.2 Å². The second-order valence-corrected chi connectivity index (χ2v) is 8.61. The Morgan fingerprint density at radius 2 is 1.76 bits per heavy atom. The summed E-state index contributed by atoms with van der Waals surface area (Å²) < 4.78 is 11.4. The third kappa shape index (κ3) is 3.43. The Hall–Kier alpha value is -3.74. The number of aromatic nitrogens is 3. The van der Waals surface area contributed by atoms with Crippen LogP contribution in [0, 0.1) is 0 Å². The summed E-state index contributed by atoms with van der Waals surface area (Å²) in [5.74, 6) is 0. The first kappa shape index (κ1) is 20.8. The summed E-state index contributed by atoms with van der Waals surface area (Å²) in [6.45, 7) is 3.50. The lowest BCUT2D eigenvalue weighted by Gasteiger charge is -2.42. The van der Waals surface area contributed by atoms with Gasteiger partial charge in [0.1, 0.15) is 0 Å². The van der Waals surface area contributed by atoms with Crippen molar-refractivity contribution >= 4 is 17.3 Å². The van der Waals surface area contributed by atoms with Gasteiger partial charge in [-0.15, -0.1) is 0 Å². The molecule has 1 fully saturated rings. The zero-order valence-corrected chi connectivity index (χ0v) is 19.0. The van der Waals surface area contributed by atoms with Gasteiger partial charge in [0.2, 0.25) is 0 Å². The molecule has 0 spiro atoms. The first-order valence-electron chi connectivity index (χ1n) is 11.7. The van der Waals surface area contributed by atoms with E-state index in [1.165, 1.54) is 16.7 Å². The number of hydrogen-bond acceptors (Lipinski definition) is 5. The summed E-state index contributed by atoms with van der Waals surface area (Å²) in [6, 6.07) is 21.2. The fourth-order valence-corrected chi connectivity index (χ4v) is 5.04. The number of anilines is 1. The molecule has 1 saturated heterocycles. The van der Waals surface area contributed by atoms with Gasteiger partial charge in [0.15, 0.2) is 6.29 Å². The molecule has 2 aliphatic rings. The number of nitrogens with one attached hydrogen (secondary N) is 2. The smallest absolute Gasteiger partial charge is 0.184 e. The predicted molar refractivity (Wildman–Crippen MR) is 133 cm³/mol. The maximum Gasteiger partial charge on any atom is 0.184 e. The molecule has 4 aromatic rings. The number of benzene rings is 2. The molecule has 2 N–H and O–H groups in total. The number of H-pyrrole nitrogens is 1. The molecule has 0 amide bonds. The van der Waals surface area contributed by atoms with E-state index < -0.39 is 5.54 Å². The molecular weight excluding hydrogens is 424 g/mol. The first-order chi connectivity index (χ1) is 16.8. The van der Waals surface area contributed by atoms with Crippen LogP contribution in [0.2, 0.25) is 0 Å². The number of ether oxygens (including phenoxy) is 2. The predicted octanol–water partition coefficient (Wildman–Crippen LogP) is 5.79. The number of nitrogens with zero attached hydrogens (tertiary/aromatic N) is 2. The third-order valence-corrected chi connectivity index (χ3v) is 6.77. The molecule has 6 rings (SSSR count). The van der Waals surface area contributed by atoms with Crippen LogP contribution in [0.3, 0.4) is 0 Å². The van der Waals surface area contributed by atoms with Crippen molar-refractivity contribution in [1.82, 2.24) is 15.2 Å². The summed E-state index contributed by atoms with van der Waals surface area (Å²) in [6.07, 6.45) is 8.43. The minimum absolute atomic E-state index is 0.278. The van der Waals surface area contributed by atoms with Crippen molar-refractivity contribution in [1.29, 1.82) is 0 Å². The normalized spacial score (nSPS) is 20.0. The molecule has 2 aromatic heterocycles. The Morgan fingerprint density at radius 3 is 2.47 bits per heavy atom. The Kier molecular flexibility index (Phi) is 5.24. The highest BCUT2D eigenvalue weighted by molar-refractivity contribution is 5.98. The van der Waals surface area contributed by atoms with Gasteiger partial charge in [0, 0.05) is 34.8 Å². The molecule has 0 saturated carbocycles. The number of hydrogen-bond donors (Lipinski definition) is 2. The Morgan fingerprint density at radius 1 is 0.971 bits per heavy atom. The van der Waals surface area contributed by atoms with Gasteiger partial charge >= 0.3 is 0 Å². The van der Waals surface area contributed by atoms with Crippen molar-refractivity contribution in [2.45, 2.75) is 25.2 Å². The molecule has 6 nitrogen and oxygen atoms in total. The second-order valence-electron chi connectivity index (χ2n) is 8.61. The topological polar surface area (TPSA) is 72.1 Å². The molecule has 2 aromatic carbocycles. The molecule has 6 heteroatoms. The third-order valence-electron chi connectivity index (χ3n) is 6.77. The van der Waals surface area contributed by atoms with E-state index in [9.17, 15) is 0 Å². The standard InChI is InChI=1S/C28H26N4O2/c1-2-28(22-10-8-20(9-11-22)27-33-14-15-34-27)24(19-6-4-3-5-7-19)16-23-25(32-28)12-13-29-26(23)21-17-30-31-18-21/h3-13,16-18,27,32H,2,14-15H2,1H3,(H,30,31). The second kappa shape index (κ2) is 8.56. The highest BCUT2D eigenvalue weighted by Gasteiger charge is 2.39. The maximum atomic E-state index is 5.70. The molecule has 4 heterocycles. The summed E-state index contributed by atoms with van der Waals surface area (Å²) in [5.41, 5.74) is 8.21. The van der Waals surface area contributed by atoms with Crippen molar-refractivity contribution < 1.29 is 9.47 Å². The van der Waals surface area contributed by atoms with Crippen LogP contribution in [0.4, 0.5) is 5.69 Å². The molecule has 2 aliphatic heterocycles. The quantitative estimate of drug-likeness (QED) is 0.403. The van der Waals surface area contributed by atoms with Gasteiger partial charge in [-0.2, -0.15) is 5.10 Å². The fourth-order valence-electron chi connectivity index (χ4n) is 5.04. The van der Waals surface area contributed by atoms with Crippen molar-refractivity contribution in [3.63, 3.8) is 0 Å². The van der Waals surface area contributed by atoms with Crippen molar-refractivity contribution in [3.8, 4) is 11.3 Å². The van der Waals surface area contributed by atoms with Gasteiger partial charge in [-0.05, 0) is 35.3 Å². The van der Waals surface area contributed by atoms with Crippen LogP contribution in [0.25, 0.3) is 22.9 Å². The van der Waals surface area contributed by atoms with E-state index in [0.717, 1.165) is 34.5 Å². The number of fused-ring (bicyclic) bond motifs is 1. The summed E-state index contributed by atoms with van der Waals surface area (Å²) in [7, 11) is 0. The number of aromatic amines is 1. The molecule has 34 heavy (non-hydrogen) atoms. The van der Waals surface area contributed by atoms with Crippen LogP contribution in [0.1, 0.15) is 41.9 Å². The van der Waals surface area contributed by atoms with Crippen LogP contribution in [0.15, 0.2) is 79.3 Å². The van der Waals surface area contributed by atoms with Crippen LogP contribution in [-0.2, 0) is 15.0 Å². The highest BCUT2D eigenvalue weighted by Crippen LogP contribution is 2.48. The van der Waals surface area contributed by atoms with E-state index >= 15 is 0 Å². The van der Waals surface area contributed by atoms with Crippen LogP contribution >= 0.6 is 0 Å². The fraction of sp³-hybridized carbons (Fsp3) is 0.214. The molecule has 0 radical (unpaired) electrons. The average Bonchev–Trinajstić information content (AvgIpc) is 3.63. The van der Waals surface area contributed by atoms with Gasteiger partial charge in [-0.25, -0.2) is 0 Å². The van der Waals surface area contributed by atoms with Crippen LogP contribution in [-0.4, -0.2) is 28.4 Å². The summed E-state index contributed by atoms with van der Waals surface area (Å²) in [5, 5.41) is 11.0. The molecule has 170 valence electrons. The summed E-state index contributed by atoms with van der Waals surface area (Å²) in [4.78, 5) is 4.69. The summed E-state index contributed by atoms with van der Waals surface area (Å²) >= 11 is 0. The highest BCUT2D eigenvalue weighted by atomic mass is 16.7. The average molecular weight is 451 g/mol. The molecular formula is C28H26N4O2. The minimum atomic E-state index is -0.403. The van der Waals surface area contributed by atoms with Crippen molar-refractivity contribution in [2.24, 2.45) is 0 Å². The van der Waals surface area contributed by atoms with Crippen LogP contribution in [0.5, 0.6) is 0 Å². The zero-order valence-electron chi connectivity index (χ0n) is 19.0. The lowest BCUT2D eigenvalue weighted by atomic mass is 9.73. The lowest BCUT2D eigenvalue weighted by Crippen LogP contribution is -2.38. The van der Waals surface area contributed by atoms with Gasteiger partial charge in [-0.3, -0.25) is 10.1 Å². The van der Waals surface area contributed by atoms with Gasteiger partial charge in [0.05, 0.1) is 30.6 Å². The molecule has 0 bridgehead atoms. The number of pyridine rings is 1. The van der Waals surface area contributed by atoms with Crippen molar-refractivity contribution in [3.05, 3.63) is 102 Å². The SMILES string of the molecule is CCC1(c2ccc(C3OCCO3)cc2)Nc2ccnc(-c3cn[nH]c3)c2C=C1c1ccccc1. The van der Waals surface area contributed by atoms with E-state index in [0.29, 0.717) is 13.2 Å². The van der Waals surface area contributed by atoms with Gasteiger partial charge in [-0.1, -0.05) is 61.5 Å². The van der Waals surface area contributed by atoms with E-state index in [4.69, 9.17) is 14.5 Å². The lowest BCUT2D eigenvalue weighted by molar-refractivity contribution is -0.0441. The van der Waals surface area contributed by atoms with Crippen LogP contribution < -0.4 is 5.32 Å². The molecule has 0 aliphatic carbocycles. The largest absolute Gasteiger partial charge is 0.371 e. The van der Waals surface area contributed by atoms with Crippen molar-refractivity contribution in [2.75, 3.05) is 18.5 Å². The zero-order chi connectivity index (χ0) is 23.0. The Labute approximate surface area is 198 Å². The number of rotatable bonds is 5. The minimum Gasteiger partial charge on any atom is -0.371 e. The monoisotopic (exact) mass is 450 g/mol. The van der Waals surface area contributed by atoms with Gasteiger partial charge < -0.3 is 14.8 Å². The Bertz CT molecular complexity index is 1310. The maximum absolute atomic E-state index is 5.70. The molecule has 1 unspecified atom stereocenters. The van der Waals surface area contributed by atoms with E-state index in [1.54, 1.807) is 0 Å². The van der Waals surface area contributed by atoms with Gasteiger partial charge in [0.25, 0.3) is 0 Å². The van der Waals surface area contributed by atoms with E-state index in [-0.39, 0.29) is 6.29 Å². The first-order valence-corrected chi connectivity index (χ1v) is 11.7.